The van der Waals surface area contributed by atoms with Crippen LogP contribution in [0.3, 0.4) is 0 Å². The van der Waals surface area contributed by atoms with Crippen LogP contribution in [0.5, 0.6) is 0 Å². The molecule has 0 atom stereocenters. The quantitative estimate of drug-likeness (QED) is 0.770. The van der Waals surface area contributed by atoms with Gasteiger partial charge < -0.3 is 5.32 Å². The van der Waals surface area contributed by atoms with Crippen molar-refractivity contribution in [1.29, 1.82) is 0 Å². The summed E-state index contributed by atoms with van der Waals surface area (Å²) in [5, 5.41) is 10.1. The predicted octanol–water partition coefficient (Wildman–Crippen LogP) is 1.71. The fourth-order valence-corrected chi connectivity index (χ4v) is 3.01. The minimum Gasteiger partial charge on any atom is -0.350 e. The first-order valence-electron chi connectivity index (χ1n) is 7.16. The summed E-state index contributed by atoms with van der Waals surface area (Å²) in [6, 6.07) is 2.02. The molecular formula is C15H16N6OS. The number of hydrogen-bond acceptors (Lipinski definition) is 6. The van der Waals surface area contributed by atoms with Gasteiger partial charge in [0.05, 0.1) is 17.6 Å². The SMILES string of the molecule is Cc1cc(C)n(-c2nc(CCNC(=O)c3cnccn3)cs2)n1. The van der Waals surface area contributed by atoms with E-state index in [-0.39, 0.29) is 5.91 Å². The van der Waals surface area contributed by atoms with E-state index in [1.807, 2.05) is 30.0 Å². The van der Waals surface area contributed by atoms with Crippen LogP contribution in [0, 0.1) is 13.8 Å². The Hall–Kier alpha value is -2.61. The van der Waals surface area contributed by atoms with Crippen molar-refractivity contribution in [2.24, 2.45) is 0 Å². The molecule has 0 aliphatic carbocycles. The number of carbonyl (C=O) groups is 1. The third-order valence-corrected chi connectivity index (χ3v) is 4.06. The highest BCUT2D eigenvalue weighted by Gasteiger charge is 2.10. The second kappa shape index (κ2) is 6.66. The van der Waals surface area contributed by atoms with E-state index >= 15 is 0 Å². The molecule has 8 heteroatoms. The minimum atomic E-state index is -0.230. The number of aromatic nitrogens is 5. The summed E-state index contributed by atoms with van der Waals surface area (Å²) < 4.78 is 1.83. The van der Waals surface area contributed by atoms with Crippen LogP contribution >= 0.6 is 11.3 Å². The second-order valence-electron chi connectivity index (χ2n) is 5.06. The maximum atomic E-state index is 11.9. The molecule has 118 valence electrons. The first-order valence-corrected chi connectivity index (χ1v) is 8.03. The van der Waals surface area contributed by atoms with Crippen molar-refractivity contribution in [3.8, 4) is 5.13 Å². The van der Waals surface area contributed by atoms with E-state index in [1.165, 1.54) is 29.9 Å². The Labute approximate surface area is 137 Å². The molecule has 3 aromatic rings. The molecule has 0 aromatic carbocycles. The Kier molecular flexibility index (Phi) is 4.42. The largest absolute Gasteiger partial charge is 0.350 e. The number of aryl methyl sites for hydroxylation is 2. The summed E-state index contributed by atoms with van der Waals surface area (Å²) in [4.78, 5) is 24.3. The third-order valence-electron chi connectivity index (χ3n) is 3.19. The van der Waals surface area contributed by atoms with E-state index in [0.29, 0.717) is 18.7 Å². The third kappa shape index (κ3) is 3.59. The Morgan fingerprint density at radius 1 is 1.35 bits per heavy atom. The molecule has 0 radical (unpaired) electrons. The highest BCUT2D eigenvalue weighted by molar-refractivity contribution is 7.12. The van der Waals surface area contributed by atoms with Crippen molar-refractivity contribution in [1.82, 2.24) is 30.0 Å². The van der Waals surface area contributed by atoms with Crippen LogP contribution in [0.2, 0.25) is 0 Å². The number of carbonyl (C=O) groups excluding carboxylic acids is 1. The molecule has 3 rings (SSSR count). The minimum absolute atomic E-state index is 0.230. The summed E-state index contributed by atoms with van der Waals surface area (Å²) in [6.45, 7) is 4.46. The van der Waals surface area contributed by atoms with Crippen molar-refractivity contribution in [2.75, 3.05) is 6.54 Å². The highest BCUT2D eigenvalue weighted by atomic mass is 32.1. The number of nitrogens with one attached hydrogen (secondary N) is 1. The van der Waals surface area contributed by atoms with Gasteiger partial charge in [-0.05, 0) is 19.9 Å². The van der Waals surface area contributed by atoms with Crippen molar-refractivity contribution in [3.63, 3.8) is 0 Å². The van der Waals surface area contributed by atoms with Gasteiger partial charge in [0, 0.05) is 36.4 Å². The lowest BCUT2D eigenvalue weighted by molar-refractivity contribution is 0.0948. The van der Waals surface area contributed by atoms with E-state index in [4.69, 9.17) is 0 Å². The summed E-state index contributed by atoms with van der Waals surface area (Å²) in [7, 11) is 0. The molecule has 0 fully saturated rings. The molecule has 1 N–H and O–H groups in total. The van der Waals surface area contributed by atoms with Crippen molar-refractivity contribution >= 4 is 17.2 Å². The molecule has 0 bridgehead atoms. The van der Waals surface area contributed by atoms with Gasteiger partial charge in [-0.3, -0.25) is 9.78 Å². The number of thiazole rings is 1. The number of amides is 1. The zero-order chi connectivity index (χ0) is 16.2. The predicted molar refractivity (Wildman–Crippen MR) is 86.8 cm³/mol. The monoisotopic (exact) mass is 328 g/mol. The average molecular weight is 328 g/mol. The van der Waals surface area contributed by atoms with Gasteiger partial charge in [-0.1, -0.05) is 0 Å². The van der Waals surface area contributed by atoms with Gasteiger partial charge in [0.1, 0.15) is 5.69 Å². The van der Waals surface area contributed by atoms with Gasteiger partial charge in [0.2, 0.25) is 5.13 Å². The molecule has 0 spiro atoms. The standard InChI is InChI=1S/C15H16N6OS/c1-10-7-11(2)21(20-10)15-19-12(9-23-15)3-4-18-14(22)13-8-16-5-6-17-13/h5-9H,3-4H2,1-2H3,(H,18,22). The number of nitrogens with zero attached hydrogens (tertiary/aromatic N) is 5. The zero-order valence-electron chi connectivity index (χ0n) is 12.9. The molecule has 0 saturated carbocycles. The molecule has 7 nitrogen and oxygen atoms in total. The van der Waals surface area contributed by atoms with Crippen LogP contribution < -0.4 is 5.32 Å². The van der Waals surface area contributed by atoms with Crippen LogP contribution in [0.15, 0.2) is 30.0 Å². The Morgan fingerprint density at radius 2 is 2.22 bits per heavy atom. The van der Waals surface area contributed by atoms with Crippen LogP contribution in [0.4, 0.5) is 0 Å². The number of rotatable bonds is 5. The summed E-state index contributed by atoms with van der Waals surface area (Å²) in [5.41, 5.74) is 3.26. The number of hydrogen-bond donors (Lipinski definition) is 1. The smallest absolute Gasteiger partial charge is 0.271 e. The summed E-state index contributed by atoms with van der Waals surface area (Å²) >= 11 is 1.54. The van der Waals surface area contributed by atoms with Gasteiger partial charge in [-0.25, -0.2) is 14.6 Å². The van der Waals surface area contributed by atoms with Gasteiger partial charge in [-0.15, -0.1) is 11.3 Å². The Morgan fingerprint density at radius 3 is 2.91 bits per heavy atom. The topological polar surface area (TPSA) is 85.6 Å². The Bertz CT molecular complexity index is 810. The van der Waals surface area contributed by atoms with Crippen LogP contribution in [-0.4, -0.2) is 37.2 Å². The Balaban J connectivity index is 1.58. The molecule has 3 aromatic heterocycles. The lowest BCUT2D eigenvalue weighted by atomic mass is 10.3. The van der Waals surface area contributed by atoms with Crippen LogP contribution in [-0.2, 0) is 6.42 Å². The average Bonchev–Trinajstić information content (AvgIpc) is 3.14. The maximum absolute atomic E-state index is 11.9. The first-order chi connectivity index (χ1) is 11.1. The van der Waals surface area contributed by atoms with Gasteiger partial charge in [0.15, 0.2) is 0 Å². The second-order valence-corrected chi connectivity index (χ2v) is 5.89. The molecule has 23 heavy (non-hydrogen) atoms. The van der Waals surface area contributed by atoms with E-state index < -0.39 is 0 Å². The van der Waals surface area contributed by atoms with E-state index in [9.17, 15) is 4.79 Å². The molecule has 0 aliphatic heterocycles. The first kappa shape index (κ1) is 15.3. The summed E-state index contributed by atoms with van der Waals surface area (Å²) in [6.07, 6.45) is 5.13. The van der Waals surface area contributed by atoms with Crippen LogP contribution in [0.25, 0.3) is 5.13 Å². The highest BCUT2D eigenvalue weighted by Crippen LogP contribution is 2.17. The maximum Gasteiger partial charge on any atom is 0.271 e. The fourth-order valence-electron chi connectivity index (χ4n) is 2.14. The van der Waals surface area contributed by atoms with E-state index in [2.05, 4.69) is 25.4 Å². The normalized spacial score (nSPS) is 10.7. The molecule has 0 saturated heterocycles. The van der Waals surface area contributed by atoms with Gasteiger partial charge >= 0.3 is 0 Å². The molecular weight excluding hydrogens is 312 g/mol. The van der Waals surface area contributed by atoms with Gasteiger partial charge in [-0.2, -0.15) is 5.10 Å². The lowest BCUT2D eigenvalue weighted by Gasteiger charge is -2.02. The van der Waals surface area contributed by atoms with Crippen molar-refractivity contribution in [3.05, 3.63) is 52.8 Å². The van der Waals surface area contributed by atoms with E-state index in [1.54, 1.807) is 0 Å². The lowest BCUT2D eigenvalue weighted by Crippen LogP contribution is -2.26. The molecule has 1 amide bonds. The van der Waals surface area contributed by atoms with Crippen molar-refractivity contribution < 1.29 is 4.79 Å². The molecule has 0 unspecified atom stereocenters. The van der Waals surface area contributed by atoms with Gasteiger partial charge in [0.25, 0.3) is 5.91 Å². The fraction of sp³-hybridized carbons (Fsp3) is 0.267. The van der Waals surface area contributed by atoms with Crippen LogP contribution in [0.1, 0.15) is 27.6 Å². The zero-order valence-corrected chi connectivity index (χ0v) is 13.7. The van der Waals surface area contributed by atoms with Crippen molar-refractivity contribution in [2.45, 2.75) is 20.3 Å². The van der Waals surface area contributed by atoms with E-state index in [0.717, 1.165) is 22.2 Å². The molecule has 0 aliphatic rings. The summed E-state index contributed by atoms with van der Waals surface area (Å²) in [5.74, 6) is -0.230. The molecule has 3 heterocycles.